The molecule has 24 heavy (non-hydrogen) atoms. The molecule has 4 heteroatoms. The summed E-state index contributed by atoms with van der Waals surface area (Å²) in [6.07, 6.45) is 1.10. The molecule has 0 N–H and O–H groups in total. The summed E-state index contributed by atoms with van der Waals surface area (Å²) in [5, 5.41) is 0. The molecule has 0 aliphatic carbocycles. The summed E-state index contributed by atoms with van der Waals surface area (Å²) in [6.45, 7) is 3.38. The molecule has 126 valence electrons. The van der Waals surface area contributed by atoms with Gasteiger partial charge in [-0.25, -0.2) is 4.79 Å². The minimum atomic E-state index is -0.299. The average Bonchev–Trinajstić information content (AvgIpc) is 3.14. The van der Waals surface area contributed by atoms with E-state index >= 15 is 0 Å². The number of hydrogen-bond acceptors (Lipinski definition) is 4. The summed E-state index contributed by atoms with van der Waals surface area (Å²) in [5.41, 5.74) is 2.88. The summed E-state index contributed by atoms with van der Waals surface area (Å²) in [6, 6.07) is 18.0. The van der Waals surface area contributed by atoms with Crippen molar-refractivity contribution in [3.05, 3.63) is 65.7 Å². The lowest BCUT2D eigenvalue weighted by atomic mass is 10.1. The molecule has 1 heterocycles. The highest BCUT2D eigenvalue weighted by atomic mass is 16.5. The molecular formula is C20H23NO3. The summed E-state index contributed by atoms with van der Waals surface area (Å²) < 4.78 is 10.3. The second kappa shape index (κ2) is 7.97. The van der Waals surface area contributed by atoms with E-state index in [1.54, 1.807) is 6.07 Å². The molecule has 0 bridgehead atoms. The number of hydrogen-bond donors (Lipinski definition) is 0. The smallest absolute Gasteiger partial charge is 0.337 e. The zero-order valence-corrected chi connectivity index (χ0v) is 14.0. The van der Waals surface area contributed by atoms with Crippen LogP contribution in [0.4, 0.5) is 5.69 Å². The van der Waals surface area contributed by atoms with E-state index in [9.17, 15) is 4.79 Å². The second-order valence-corrected chi connectivity index (χ2v) is 6.14. The van der Waals surface area contributed by atoms with Crippen molar-refractivity contribution in [3.8, 4) is 0 Å². The van der Waals surface area contributed by atoms with Gasteiger partial charge in [0.05, 0.1) is 19.3 Å². The predicted molar refractivity (Wildman–Crippen MR) is 94.2 cm³/mol. The first-order chi connectivity index (χ1) is 11.8. The van der Waals surface area contributed by atoms with Gasteiger partial charge < -0.3 is 14.4 Å². The SMILES string of the molecule is COC(=O)c1cccc(CN(CC2CCOC2)c2ccccc2)c1. The Bertz CT molecular complexity index is 666. The lowest BCUT2D eigenvalue weighted by Gasteiger charge is -2.27. The van der Waals surface area contributed by atoms with Crippen molar-refractivity contribution in [3.63, 3.8) is 0 Å². The van der Waals surface area contributed by atoms with Crippen molar-refractivity contribution in [2.24, 2.45) is 5.92 Å². The molecule has 1 unspecified atom stereocenters. The van der Waals surface area contributed by atoms with Crippen molar-refractivity contribution >= 4 is 11.7 Å². The fourth-order valence-electron chi connectivity index (χ4n) is 3.07. The molecular weight excluding hydrogens is 302 g/mol. The predicted octanol–water partition coefficient (Wildman–Crippen LogP) is 3.52. The van der Waals surface area contributed by atoms with Gasteiger partial charge in [0, 0.05) is 31.3 Å². The fraction of sp³-hybridized carbons (Fsp3) is 0.350. The lowest BCUT2D eigenvalue weighted by Crippen LogP contribution is -2.29. The van der Waals surface area contributed by atoms with Crippen molar-refractivity contribution < 1.29 is 14.3 Å². The second-order valence-electron chi connectivity index (χ2n) is 6.14. The molecule has 1 aliphatic rings. The maximum absolute atomic E-state index is 11.7. The van der Waals surface area contributed by atoms with Crippen molar-refractivity contribution in [1.82, 2.24) is 0 Å². The molecule has 1 fully saturated rings. The molecule has 2 aromatic rings. The van der Waals surface area contributed by atoms with Crippen LogP contribution in [0.1, 0.15) is 22.3 Å². The monoisotopic (exact) mass is 325 g/mol. The highest BCUT2D eigenvalue weighted by molar-refractivity contribution is 5.89. The van der Waals surface area contributed by atoms with E-state index in [1.807, 2.05) is 24.3 Å². The van der Waals surface area contributed by atoms with Crippen LogP contribution in [0, 0.1) is 5.92 Å². The van der Waals surface area contributed by atoms with Crippen molar-refractivity contribution in [1.29, 1.82) is 0 Å². The van der Waals surface area contributed by atoms with Gasteiger partial charge in [-0.1, -0.05) is 30.3 Å². The molecule has 0 saturated carbocycles. The Morgan fingerprint density at radius 2 is 2.04 bits per heavy atom. The largest absolute Gasteiger partial charge is 0.465 e. The molecule has 0 radical (unpaired) electrons. The number of nitrogens with zero attached hydrogens (tertiary/aromatic N) is 1. The standard InChI is InChI=1S/C20H23NO3/c1-23-20(22)18-7-5-6-16(12-18)13-21(14-17-10-11-24-15-17)19-8-3-2-4-9-19/h2-9,12,17H,10-11,13-15H2,1H3. The molecule has 3 rings (SSSR count). The minimum absolute atomic E-state index is 0.299. The van der Waals surface area contributed by atoms with Crippen LogP contribution in [0.5, 0.6) is 0 Å². The first-order valence-corrected chi connectivity index (χ1v) is 8.31. The average molecular weight is 325 g/mol. The van der Waals surface area contributed by atoms with Gasteiger partial charge in [-0.2, -0.15) is 0 Å². The Balaban J connectivity index is 1.79. The molecule has 2 aromatic carbocycles. The number of para-hydroxylation sites is 1. The highest BCUT2D eigenvalue weighted by Crippen LogP contribution is 2.22. The van der Waals surface area contributed by atoms with Gasteiger partial charge in [0.2, 0.25) is 0 Å². The van der Waals surface area contributed by atoms with Crippen LogP contribution < -0.4 is 4.90 Å². The van der Waals surface area contributed by atoms with Gasteiger partial charge in [-0.3, -0.25) is 0 Å². The number of carbonyl (C=O) groups excluding carboxylic acids is 1. The van der Waals surface area contributed by atoms with Gasteiger partial charge in [0.1, 0.15) is 0 Å². The number of anilines is 1. The summed E-state index contributed by atoms with van der Waals surface area (Å²) in [5.74, 6) is 0.251. The number of ether oxygens (including phenoxy) is 2. The van der Waals surface area contributed by atoms with E-state index in [2.05, 4.69) is 29.2 Å². The Morgan fingerprint density at radius 3 is 2.75 bits per heavy atom. The first-order valence-electron chi connectivity index (χ1n) is 8.31. The van der Waals surface area contributed by atoms with Gasteiger partial charge in [0.15, 0.2) is 0 Å². The zero-order valence-electron chi connectivity index (χ0n) is 14.0. The number of carbonyl (C=O) groups is 1. The van der Waals surface area contributed by atoms with E-state index in [-0.39, 0.29) is 5.97 Å². The normalized spacial score (nSPS) is 16.8. The van der Waals surface area contributed by atoms with E-state index in [4.69, 9.17) is 9.47 Å². The van der Waals surface area contributed by atoms with Gasteiger partial charge >= 0.3 is 5.97 Å². The molecule has 4 nitrogen and oxygen atoms in total. The fourth-order valence-corrected chi connectivity index (χ4v) is 3.07. The van der Waals surface area contributed by atoms with Crippen LogP contribution in [0.2, 0.25) is 0 Å². The number of benzene rings is 2. The highest BCUT2D eigenvalue weighted by Gasteiger charge is 2.20. The Kier molecular flexibility index (Phi) is 5.49. The molecule has 0 aromatic heterocycles. The summed E-state index contributed by atoms with van der Waals surface area (Å²) in [7, 11) is 1.41. The first kappa shape index (κ1) is 16.5. The van der Waals surface area contributed by atoms with E-state index < -0.39 is 0 Å². The maximum Gasteiger partial charge on any atom is 0.337 e. The van der Waals surface area contributed by atoms with Crippen LogP contribution >= 0.6 is 0 Å². The minimum Gasteiger partial charge on any atom is -0.465 e. The lowest BCUT2D eigenvalue weighted by molar-refractivity contribution is 0.0600. The van der Waals surface area contributed by atoms with Crippen molar-refractivity contribution in [2.75, 3.05) is 31.8 Å². The van der Waals surface area contributed by atoms with E-state index in [1.165, 1.54) is 12.8 Å². The molecule has 1 saturated heterocycles. The zero-order chi connectivity index (χ0) is 16.8. The molecule has 0 spiro atoms. The summed E-state index contributed by atoms with van der Waals surface area (Å²) >= 11 is 0. The van der Waals surface area contributed by atoms with E-state index in [0.717, 1.165) is 38.3 Å². The Labute approximate surface area is 143 Å². The third kappa shape index (κ3) is 4.15. The van der Waals surface area contributed by atoms with Crippen LogP contribution in [0.25, 0.3) is 0 Å². The number of esters is 1. The number of rotatable bonds is 6. The van der Waals surface area contributed by atoms with Crippen LogP contribution in [-0.4, -0.2) is 32.8 Å². The third-order valence-corrected chi connectivity index (χ3v) is 4.35. The van der Waals surface area contributed by atoms with Crippen LogP contribution in [0.15, 0.2) is 54.6 Å². The maximum atomic E-state index is 11.7. The topological polar surface area (TPSA) is 38.8 Å². The summed E-state index contributed by atoms with van der Waals surface area (Å²) in [4.78, 5) is 14.1. The number of methoxy groups -OCH3 is 1. The molecule has 1 atom stereocenters. The Morgan fingerprint density at radius 1 is 1.21 bits per heavy atom. The third-order valence-electron chi connectivity index (χ3n) is 4.35. The van der Waals surface area contributed by atoms with E-state index in [0.29, 0.717) is 11.5 Å². The van der Waals surface area contributed by atoms with Crippen LogP contribution in [0.3, 0.4) is 0 Å². The van der Waals surface area contributed by atoms with Gasteiger partial charge in [0.25, 0.3) is 0 Å². The van der Waals surface area contributed by atoms with Gasteiger partial charge in [-0.15, -0.1) is 0 Å². The van der Waals surface area contributed by atoms with Crippen LogP contribution in [-0.2, 0) is 16.0 Å². The van der Waals surface area contributed by atoms with Crippen molar-refractivity contribution in [2.45, 2.75) is 13.0 Å². The van der Waals surface area contributed by atoms with Gasteiger partial charge in [-0.05, 0) is 36.2 Å². The Hall–Kier alpha value is -2.33. The molecule has 1 aliphatic heterocycles. The quantitative estimate of drug-likeness (QED) is 0.762. The molecule has 0 amide bonds.